The maximum Gasteiger partial charge on any atom is 0.311 e. The van der Waals surface area contributed by atoms with Crippen molar-refractivity contribution < 1.29 is 68.4 Å². The van der Waals surface area contributed by atoms with Gasteiger partial charge in [-0.3, -0.25) is 14.9 Å². The van der Waals surface area contributed by atoms with Crippen molar-refractivity contribution in [3.8, 4) is 5.75 Å². The zero-order chi connectivity index (χ0) is 51.2. The Balaban J connectivity index is 1.38. The lowest BCUT2D eigenvalue weighted by atomic mass is 9.77. The van der Waals surface area contributed by atoms with Crippen LogP contribution in [0.15, 0.2) is 30.5 Å². The van der Waals surface area contributed by atoms with Crippen LogP contribution in [-0.2, 0) is 46.2 Å². The first-order valence-electron chi connectivity index (χ1n) is 24.3. The second-order valence-electron chi connectivity index (χ2n) is 20.5. The van der Waals surface area contributed by atoms with Crippen molar-refractivity contribution in [2.24, 2.45) is 17.8 Å². The highest BCUT2D eigenvalue weighted by Crippen LogP contribution is 2.40. The highest BCUT2D eigenvalue weighted by atomic mass is 16.7. The standard InChI is InChI=1S/C48H80N6O15/c1-13-37-48(9,60)41(56)31(5)52(11)26-28(2)24-46(7,59)43(29(3)40(30(4)44(58)67-37)68-38-25-47(8,63-12)42(57)32(6)66-38)69-45-39(55)36(18-21-65-45)51(10)19-17-33-27-53(50-49-33)20-22-64-35-16-14-15-34(23-35)54(61)62/h14-16,23,27-32,36-43,45,55-57,59-60H,13,17-22,24-26H2,1-12H3/t28-,29+,30-,31-,32+,36+,37-,38+,39-,40+,41-,42+,43-,45+,46-,47-,48-/m1/s1. The fraction of sp³-hybridized carbons (Fsp3) is 0.812. The van der Waals surface area contributed by atoms with Crippen LogP contribution >= 0.6 is 0 Å². The number of hydrogen-bond acceptors (Lipinski definition) is 19. The molecule has 21 heteroatoms. The second kappa shape index (κ2) is 23.8. The zero-order valence-electron chi connectivity index (χ0n) is 42.5. The number of nitro benzene ring substituents is 1. The summed E-state index contributed by atoms with van der Waals surface area (Å²) in [5.41, 5.74) is -3.90. The largest absolute Gasteiger partial charge is 0.491 e. The Bertz CT molecular complexity index is 1960. The summed E-state index contributed by atoms with van der Waals surface area (Å²) in [7, 11) is 5.21. The number of aliphatic hydroxyl groups is 5. The normalized spacial score (nSPS) is 39.1. The number of hydrogen-bond donors (Lipinski definition) is 5. The molecule has 69 heavy (non-hydrogen) atoms. The van der Waals surface area contributed by atoms with E-state index in [1.54, 1.807) is 71.5 Å². The summed E-state index contributed by atoms with van der Waals surface area (Å²) in [5.74, 6) is -2.44. The van der Waals surface area contributed by atoms with Gasteiger partial charge >= 0.3 is 5.97 Å². The minimum atomic E-state index is -1.84. The van der Waals surface area contributed by atoms with Crippen molar-refractivity contribution >= 4 is 11.7 Å². The van der Waals surface area contributed by atoms with E-state index in [-0.39, 0.29) is 44.1 Å². The molecule has 0 bridgehead atoms. The topological polar surface area (TPSA) is 263 Å². The Hall–Kier alpha value is -3.45. The van der Waals surface area contributed by atoms with Gasteiger partial charge in [0.15, 0.2) is 12.6 Å². The lowest BCUT2D eigenvalue weighted by Crippen LogP contribution is -2.60. The fourth-order valence-corrected chi connectivity index (χ4v) is 10.4. The minimum absolute atomic E-state index is 0.0614. The lowest BCUT2D eigenvalue weighted by molar-refractivity contribution is -0.384. The molecule has 3 aliphatic heterocycles. The number of benzene rings is 1. The van der Waals surface area contributed by atoms with E-state index in [4.69, 9.17) is 33.2 Å². The molecule has 392 valence electrons. The predicted octanol–water partition coefficient (Wildman–Crippen LogP) is 2.70. The Morgan fingerprint density at radius 2 is 1.75 bits per heavy atom. The molecular weight excluding hydrogens is 901 g/mol. The van der Waals surface area contributed by atoms with E-state index in [1.807, 2.05) is 30.8 Å². The van der Waals surface area contributed by atoms with Crippen LogP contribution in [0.2, 0.25) is 0 Å². The van der Waals surface area contributed by atoms with Crippen molar-refractivity contribution in [3.05, 3.63) is 46.3 Å². The first-order chi connectivity index (χ1) is 32.3. The Labute approximate surface area is 406 Å². The van der Waals surface area contributed by atoms with Crippen molar-refractivity contribution in [3.63, 3.8) is 0 Å². The van der Waals surface area contributed by atoms with E-state index in [9.17, 15) is 40.4 Å². The number of carbonyl (C=O) groups is 1. The summed E-state index contributed by atoms with van der Waals surface area (Å²) in [6, 6.07) is 4.95. The van der Waals surface area contributed by atoms with E-state index >= 15 is 0 Å². The first-order valence-corrected chi connectivity index (χ1v) is 24.3. The summed E-state index contributed by atoms with van der Waals surface area (Å²) in [4.78, 5) is 29.0. The molecule has 0 saturated carbocycles. The summed E-state index contributed by atoms with van der Waals surface area (Å²) < 4.78 is 45.2. The summed E-state index contributed by atoms with van der Waals surface area (Å²) in [6.07, 6.45) is -6.52. The number of rotatable bonds is 15. The monoisotopic (exact) mass is 981 g/mol. The highest BCUT2D eigenvalue weighted by Gasteiger charge is 2.52. The Kier molecular flexibility index (Phi) is 19.5. The maximum atomic E-state index is 14.4. The molecule has 21 nitrogen and oxygen atoms in total. The van der Waals surface area contributed by atoms with Crippen molar-refractivity contribution in [2.45, 2.75) is 185 Å². The van der Waals surface area contributed by atoms with Gasteiger partial charge in [0.1, 0.15) is 42.4 Å². The van der Waals surface area contributed by atoms with Crippen LogP contribution < -0.4 is 4.74 Å². The number of aliphatic hydroxyl groups excluding tert-OH is 3. The number of cyclic esters (lactones) is 1. The second-order valence-corrected chi connectivity index (χ2v) is 20.5. The quantitative estimate of drug-likeness (QED) is 0.0976. The van der Waals surface area contributed by atoms with Crippen molar-refractivity contribution in [1.82, 2.24) is 24.8 Å². The Morgan fingerprint density at radius 3 is 2.42 bits per heavy atom. The minimum Gasteiger partial charge on any atom is -0.491 e. The van der Waals surface area contributed by atoms with Gasteiger partial charge in [-0.15, -0.1) is 5.10 Å². The van der Waals surface area contributed by atoms with E-state index in [0.29, 0.717) is 43.9 Å². The summed E-state index contributed by atoms with van der Waals surface area (Å²) >= 11 is 0. The fourth-order valence-electron chi connectivity index (χ4n) is 10.4. The van der Waals surface area contributed by atoms with Crippen LogP contribution in [0.3, 0.4) is 0 Å². The van der Waals surface area contributed by atoms with E-state index < -0.39 is 107 Å². The van der Waals surface area contributed by atoms with Gasteiger partial charge in [-0.25, -0.2) is 4.68 Å². The molecule has 17 atom stereocenters. The van der Waals surface area contributed by atoms with E-state index in [2.05, 4.69) is 10.3 Å². The number of nitro groups is 1. The third-order valence-electron chi connectivity index (χ3n) is 14.8. The molecule has 2 aromatic rings. The molecule has 1 aromatic carbocycles. The number of non-ortho nitro benzene ring substituents is 1. The summed E-state index contributed by atoms with van der Waals surface area (Å²) in [6.45, 7) is 17.2. The number of methoxy groups -OCH3 is 1. The van der Waals surface area contributed by atoms with Crippen molar-refractivity contribution in [1.29, 1.82) is 0 Å². The third-order valence-corrected chi connectivity index (χ3v) is 14.8. The van der Waals surface area contributed by atoms with E-state index in [1.165, 1.54) is 26.2 Å². The molecule has 4 heterocycles. The van der Waals surface area contributed by atoms with Crippen molar-refractivity contribution in [2.75, 3.05) is 47.5 Å². The maximum absolute atomic E-state index is 14.4. The average molecular weight is 981 g/mol. The molecule has 3 aliphatic rings. The summed E-state index contributed by atoms with van der Waals surface area (Å²) in [5, 5.41) is 78.9. The van der Waals surface area contributed by atoms with Gasteiger partial charge in [0.25, 0.3) is 5.69 Å². The molecule has 3 saturated heterocycles. The number of ether oxygens (including phenoxy) is 7. The van der Waals surface area contributed by atoms with Gasteiger partial charge in [-0.2, -0.15) is 0 Å². The average Bonchev–Trinajstić information content (AvgIpc) is 3.76. The van der Waals surface area contributed by atoms with Gasteiger partial charge in [0.05, 0.1) is 65.3 Å². The molecule has 1 aromatic heterocycles. The molecule has 0 unspecified atom stereocenters. The van der Waals surface area contributed by atoms with Gasteiger partial charge in [-0.1, -0.05) is 32.1 Å². The number of nitrogens with zero attached hydrogens (tertiary/aromatic N) is 6. The zero-order valence-corrected chi connectivity index (χ0v) is 42.5. The number of esters is 1. The molecular formula is C48H80N6O15. The van der Waals surface area contributed by atoms with Gasteiger partial charge < -0.3 is 68.5 Å². The number of carbonyl (C=O) groups excluding carboxylic acids is 1. The molecule has 5 rings (SSSR count). The Morgan fingerprint density at radius 1 is 1.04 bits per heavy atom. The molecule has 0 radical (unpaired) electrons. The van der Waals surface area contributed by atoms with Gasteiger partial charge in [0.2, 0.25) is 0 Å². The van der Waals surface area contributed by atoms with E-state index in [0.717, 1.165) is 0 Å². The van der Waals surface area contributed by atoms with Crippen LogP contribution in [0.4, 0.5) is 5.69 Å². The smallest absolute Gasteiger partial charge is 0.311 e. The van der Waals surface area contributed by atoms with Crippen LogP contribution in [0.5, 0.6) is 5.75 Å². The highest BCUT2D eigenvalue weighted by molar-refractivity contribution is 5.73. The number of likely N-dealkylation sites (N-methyl/N-ethyl adjacent to an activating group) is 2. The third kappa shape index (κ3) is 13.7. The van der Waals surface area contributed by atoms with Gasteiger partial charge in [-0.05, 0) is 86.9 Å². The van der Waals surface area contributed by atoms with Crippen LogP contribution in [0.1, 0.15) is 93.7 Å². The molecule has 3 fully saturated rings. The lowest BCUT2D eigenvalue weighted by Gasteiger charge is -2.48. The number of aromatic nitrogens is 3. The van der Waals surface area contributed by atoms with Gasteiger partial charge in [0, 0.05) is 63.3 Å². The van der Waals surface area contributed by atoms with Crippen LogP contribution in [-0.4, -0.2) is 193 Å². The SMILES string of the molecule is CC[C@H]1OC(=O)[C@H](C)[C@@H](O[C@H]2C[C@@](C)(OC)[C@@H](O)[C@H](C)O2)[C@H](C)[C@@H](O[C@@H]2OCC[C@H](N(C)CCc3cn(CCOc4cccc([N+](=O)[O-])c4)nn3)[C@H]2O)[C@](C)(O)C[C@@H](C)CN(C)[C@H](C)[C@@H](O)[C@]1(C)O. The first kappa shape index (κ1) is 56.5. The van der Waals surface area contributed by atoms with Crippen LogP contribution in [0.25, 0.3) is 0 Å². The molecule has 5 N–H and O–H groups in total. The van der Waals surface area contributed by atoms with Crippen LogP contribution in [0, 0.1) is 27.9 Å². The molecule has 0 spiro atoms. The molecule has 0 aliphatic carbocycles. The molecule has 0 amide bonds. The predicted molar refractivity (Wildman–Crippen MR) is 251 cm³/mol.